The minimum Gasteiger partial charge on any atom is -0.434 e. The average molecular weight is 453 g/mol. The molecule has 0 aliphatic rings. The Kier molecular flexibility index (Phi) is 9.07. The Balaban J connectivity index is 2.30. The SMILES string of the molecule is CCCCOC(=O)OC[C@H](NC(=O)[C@@](OC)(c1ccccc1)C(F)(F)F)c1ccccc1. The monoisotopic (exact) mass is 453 g/mol. The highest BCUT2D eigenvalue weighted by Gasteiger charge is 2.62. The van der Waals surface area contributed by atoms with Gasteiger partial charge in [-0.3, -0.25) is 4.79 Å². The normalized spacial score (nSPS) is 14.2. The molecule has 0 aliphatic carbocycles. The molecule has 0 unspecified atom stereocenters. The average Bonchev–Trinajstić information content (AvgIpc) is 2.78. The first-order valence-corrected chi connectivity index (χ1v) is 10.1. The smallest absolute Gasteiger partial charge is 0.434 e. The van der Waals surface area contributed by atoms with Gasteiger partial charge in [0, 0.05) is 12.7 Å². The zero-order valence-electron chi connectivity index (χ0n) is 17.9. The summed E-state index contributed by atoms with van der Waals surface area (Å²) in [5.74, 6) is -1.43. The summed E-state index contributed by atoms with van der Waals surface area (Å²) in [7, 11) is 0.819. The van der Waals surface area contributed by atoms with Crippen LogP contribution in [0.5, 0.6) is 0 Å². The van der Waals surface area contributed by atoms with Crippen molar-refractivity contribution in [2.75, 3.05) is 20.3 Å². The molecule has 0 saturated heterocycles. The van der Waals surface area contributed by atoms with Gasteiger partial charge in [0.2, 0.25) is 0 Å². The molecule has 0 heterocycles. The topological polar surface area (TPSA) is 73.9 Å². The van der Waals surface area contributed by atoms with Crippen LogP contribution in [0.2, 0.25) is 0 Å². The first kappa shape index (κ1) is 25.2. The number of unbranched alkanes of at least 4 members (excludes halogenated alkanes) is 1. The van der Waals surface area contributed by atoms with Crippen LogP contribution in [-0.2, 0) is 24.6 Å². The summed E-state index contributed by atoms with van der Waals surface area (Å²) in [4.78, 5) is 24.9. The molecule has 1 amide bonds. The maximum absolute atomic E-state index is 14.2. The Hall–Kier alpha value is -3.07. The van der Waals surface area contributed by atoms with Crippen LogP contribution in [0.4, 0.5) is 18.0 Å². The van der Waals surface area contributed by atoms with Crippen LogP contribution in [-0.4, -0.2) is 38.6 Å². The molecule has 2 rings (SSSR count). The van der Waals surface area contributed by atoms with Crippen LogP contribution in [0.1, 0.15) is 36.9 Å². The fourth-order valence-electron chi connectivity index (χ4n) is 3.08. The Morgan fingerprint density at radius 3 is 2.09 bits per heavy atom. The van der Waals surface area contributed by atoms with Gasteiger partial charge in [-0.25, -0.2) is 4.79 Å². The Labute approximate surface area is 184 Å². The first-order chi connectivity index (χ1) is 15.3. The summed E-state index contributed by atoms with van der Waals surface area (Å²) in [5.41, 5.74) is -3.18. The van der Waals surface area contributed by atoms with Gasteiger partial charge in [-0.15, -0.1) is 0 Å². The van der Waals surface area contributed by atoms with E-state index in [4.69, 9.17) is 14.2 Å². The van der Waals surface area contributed by atoms with Crippen LogP contribution in [0.3, 0.4) is 0 Å². The van der Waals surface area contributed by atoms with Gasteiger partial charge >= 0.3 is 12.3 Å². The summed E-state index contributed by atoms with van der Waals surface area (Å²) >= 11 is 0. The van der Waals surface area contributed by atoms with Gasteiger partial charge in [0.05, 0.1) is 12.6 Å². The fourth-order valence-corrected chi connectivity index (χ4v) is 3.08. The number of ether oxygens (including phenoxy) is 3. The van der Waals surface area contributed by atoms with Crippen molar-refractivity contribution in [2.24, 2.45) is 0 Å². The Morgan fingerprint density at radius 1 is 0.969 bits per heavy atom. The molecule has 0 aromatic heterocycles. The molecule has 6 nitrogen and oxygen atoms in total. The predicted octanol–water partition coefficient (Wildman–Crippen LogP) is 4.90. The molecule has 0 aliphatic heterocycles. The van der Waals surface area contributed by atoms with Crippen molar-refractivity contribution in [3.63, 3.8) is 0 Å². The summed E-state index contributed by atoms with van der Waals surface area (Å²) in [6.45, 7) is 1.66. The second-order valence-electron chi connectivity index (χ2n) is 6.95. The van der Waals surface area contributed by atoms with Gasteiger partial charge < -0.3 is 19.5 Å². The summed E-state index contributed by atoms with van der Waals surface area (Å²) in [6.07, 6.45) is -4.57. The highest BCUT2D eigenvalue weighted by Crippen LogP contribution is 2.42. The summed E-state index contributed by atoms with van der Waals surface area (Å²) < 4.78 is 57.2. The van der Waals surface area contributed by atoms with E-state index >= 15 is 0 Å². The molecule has 0 fully saturated rings. The van der Waals surface area contributed by atoms with Crippen molar-refractivity contribution in [3.05, 3.63) is 71.8 Å². The van der Waals surface area contributed by atoms with E-state index in [1.807, 2.05) is 6.92 Å². The van der Waals surface area contributed by atoms with E-state index in [1.54, 1.807) is 30.3 Å². The molecule has 1 N–H and O–H groups in total. The number of carbonyl (C=O) groups excluding carboxylic acids is 2. The van der Waals surface area contributed by atoms with E-state index in [0.29, 0.717) is 12.0 Å². The number of rotatable bonds is 10. The molecular weight excluding hydrogens is 427 g/mol. The lowest BCUT2D eigenvalue weighted by Gasteiger charge is -2.34. The minimum atomic E-state index is -5.06. The molecular formula is C23H26F3NO5. The molecule has 2 aromatic rings. The maximum atomic E-state index is 14.2. The van der Waals surface area contributed by atoms with E-state index in [1.165, 1.54) is 18.2 Å². The third-order valence-corrected chi connectivity index (χ3v) is 4.80. The van der Waals surface area contributed by atoms with Crippen molar-refractivity contribution in [3.8, 4) is 0 Å². The summed E-state index contributed by atoms with van der Waals surface area (Å²) in [6, 6.07) is 13.8. The van der Waals surface area contributed by atoms with Gasteiger partial charge in [0.1, 0.15) is 6.61 Å². The van der Waals surface area contributed by atoms with Crippen LogP contribution in [0.15, 0.2) is 60.7 Å². The second kappa shape index (κ2) is 11.5. The Morgan fingerprint density at radius 2 is 1.56 bits per heavy atom. The second-order valence-corrected chi connectivity index (χ2v) is 6.95. The standard InChI is InChI=1S/C23H26F3NO5/c1-3-4-15-31-21(29)32-16-19(17-11-7-5-8-12-17)27-20(28)22(30-2,23(24,25)26)18-13-9-6-10-14-18/h5-14,19H,3-4,15-16H2,1-2H3,(H,27,28)/t19-,22-/m0/s1. The molecule has 0 spiro atoms. The predicted molar refractivity (Wildman–Crippen MR) is 111 cm³/mol. The van der Waals surface area contributed by atoms with Crippen molar-refractivity contribution in [1.82, 2.24) is 5.32 Å². The number of halogens is 3. The van der Waals surface area contributed by atoms with E-state index in [-0.39, 0.29) is 12.2 Å². The van der Waals surface area contributed by atoms with Crippen LogP contribution < -0.4 is 5.32 Å². The molecule has 2 atom stereocenters. The first-order valence-electron chi connectivity index (χ1n) is 10.1. The van der Waals surface area contributed by atoms with E-state index in [2.05, 4.69) is 5.32 Å². The quantitative estimate of drug-likeness (QED) is 0.409. The highest BCUT2D eigenvalue weighted by molar-refractivity contribution is 5.88. The number of carbonyl (C=O) groups is 2. The number of hydrogen-bond donors (Lipinski definition) is 1. The van der Waals surface area contributed by atoms with E-state index < -0.39 is 36.5 Å². The fraction of sp³-hybridized carbons (Fsp3) is 0.391. The molecule has 2 aromatic carbocycles. The third-order valence-electron chi connectivity index (χ3n) is 4.80. The molecule has 0 bridgehead atoms. The molecule has 0 radical (unpaired) electrons. The van der Waals surface area contributed by atoms with Crippen molar-refractivity contribution < 1.29 is 37.0 Å². The zero-order chi connectivity index (χ0) is 23.6. The highest BCUT2D eigenvalue weighted by atomic mass is 19.4. The number of alkyl halides is 3. The van der Waals surface area contributed by atoms with Crippen LogP contribution >= 0.6 is 0 Å². The van der Waals surface area contributed by atoms with Crippen LogP contribution in [0.25, 0.3) is 0 Å². The van der Waals surface area contributed by atoms with Crippen molar-refractivity contribution in [1.29, 1.82) is 0 Å². The van der Waals surface area contributed by atoms with Gasteiger partial charge in [-0.1, -0.05) is 74.0 Å². The van der Waals surface area contributed by atoms with Gasteiger partial charge in [-0.2, -0.15) is 13.2 Å². The lowest BCUT2D eigenvalue weighted by Crippen LogP contribution is -2.56. The number of hydrogen-bond acceptors (Lipinski definition) is 5. The molecule has 9 heteroatoms. The number of amides is 1. The molecule has 32 heavy (non-hydrogen) atoms. The van der Waals surface area contributed by atoms with Gasteiger partial charge in [0.25, 0.3) is 11.5 Å². The lowest BCUT2D eigenvalue weighted by atomic mass is 9.91. The van der Waals surface area contributed by atoms with Crippen molar-refractivity contribution >= 4 is 12.1 Å². The number of methoxy groups -OCH3 is 1. The largest absolute Gasteiger partial charge is 0.508 e. The zero-order valence-corrected chi connectivity index (χ0v) is 17.9. The van der Waals surface area contributed by atoms with E-state index in [0.717, 1.165) is 25.7 Å². The number of benzene rings is 2. The number of nitrogens with one attached hydrogen (secondary N) is 1. The van der Waals surface area contributed by atoms with Crippen molar-refractivity contribution in [2.45, 2.75) is 37.6 Å². The molecule has 174 valence electrons. The lowest BCUT2D eigenvalue weighted by molar-refractivity contribution is -0.266. The van der Waals surface area contributed by atoms with E-state index in [9.17, 15) is 22.8 Å². The van der Waals surface area contributed by atoms with Crippen LogP contribution in [0, 0.1) is 0 Å². The Bertz CT molecular complexity index is 861. The van der Waals surface area contributed by atoms with Gasteiger partial charge in [-0.05, 0) is 12.0 Å². The van der Waals surface area contributed by atoms with Gasteiger partial charge in [0.15, 0.2) is 0 Å². The summed E-state index contributed by atoms with van der Waals surface area (Å²) in [5, 5.41) is 2.34. The maximum Gasteiger partial charge on any atom is 0.508 e. The third kappa shape index (κ3) is 6.00. The molecule has 0 saturated carbocycles. The minimum absolute atomic E-state index is 0.159.